The minimum absolute atomic E-state index is 0.0188. The molecule has 1 unspecified atom stereocenters. The minimum Gasteiger partial charge on any atom is -0.453 e. The van der Waals surface area contributed by atoms with Gasteiger partial charge in [-0.2, -0.15) is 0 Å². The molecule has 0 saturated carbocycles. The van der Waals surface area contributed by atoms with Crippen molar-refractivity contribution in [3.63, 3.8) is 0 Å². The van der Waals surface area contributed by atoms with E-state index in [1.54, 1.807) is 13.0 Å². The molecule has 3 rings (SSSR count). The zero-order valence-corrected chi connectivity index (χ0v) is 18.0. The van der Waals surface area contributed by atoms with E-state index >= 15 is 0 Å². The van der Waals surface area contributed by atoms with Crippen LogP contribution in [0.25, 0.3) is 0 Å². The number of halogens is 2. The van der Waals surface area contributed by atoms with Crippen LogP contribution >= 0.6 is 23.2 Å². The van der Waals surface area contributed by atoms with Crippen LogP contribution in [0.1, 0.15) is 20.3 Å². The van der Waals surface area contributed by atoms with Gasteiger partial charge in [0, 0.05) is 6.92 Å². The van der Waals surface area contributed by atoms with E-state index in [-0.39, 0.29) is 18.2 Å². The average molecular weight is 446 g/mol. The quantitative estimate of drug-likeness (QED) is 0.396. The van der Waals surface area contributed by atoms with Crippen LogP contribution < -0.4 is 4.90 Å². The Morgan fingerprint density at radius 3 is 2.63 bits per heavy atom. The van der Waals surface area contributed by atoms with Gasteiger partial charge >= 0.3 is 12.0 Å². The SMILES string of the molecule is CC(=O)OCC#CCN1C(=O)N(c2ccc(Cl)c(Cl)c2)C(=O)C1(C)C1=CC[CH]C=C1. The molecule has 2 aliphatic rings. The Morgan fingerprint density at radius 2 is 2.00 bits per heavy atom. The van der Waals surface area contributed by atoms with Crippen molar-refractivity contribution < 1.29 is 19.1 Å². The third kappa shape index (κ3) is 4.09. The highest BCUT2D eigenvalue weighted by Crippen LogP contribution is 2.39. The van der Waals surface area contributed by atoms with Crippen LogP contribution in [0.15, 0.2) is 42.0 Å². The number of anilines is 1. The summed E-state index contributed by atoms with van der Waals surface area (Å²) in [5.74, 6) is 4.65. The first-order chi connectivity index (χ1) is 14.3. The molecule has 1 aliphatic carbocycles. The van der Waals surface area contributed by atoms with Crippen molar-refractivity contribution in [3.05, 3.63) is 58.5 Å². The van der Waals surface area contributed by atoms with Gasteiger partial charge in [0.15, 0.2) is 6.61 Å². The number of carbonyl (C=O) groups excluding carboxylic acids is 3. The third-order valence-electron chi connectivity index (χ3n) is 4.90. The maximum atomic E-state index is 13.5. The van der Waals surface area contributed by atoms with E-state index in [0.29, 0.717) is 22.7 Å². The lowest BCUT2D eigenvalue weighted by Gasteiger charge is -2.32. The fourth-order valence-corrected chi connectivity index (χ4v) is 3.58. The lowest BCUT2D eigenvalue weighted by molar-refractivity contribution is -0.139. The second kappa shape index (κ2) is 8.95. The highest BCUT2D eigenvalue weighted by Gasteiger charge is 2.56. The number of ether oxygens (including phenoxy) is 1. The Bertz CT molecular complexity index is 1020. The van der Waals surface area contributed by atoms with Gasteiger partial charge in [0.25, 0.3) is 5.91 Å². The van der Waals surface area contributed by atoms with Crippen molar-refractivity contribution in [2.24, 2.45) is 0 Å². The number of hydrogen-bond acceptors (Lipinski definition) is 4. The average Bonchev–Trinajstić information content (AvgIpc) is 2.91. The Morgan fingerprint density at radius 1 is 1.23 bits per heavy atom. The molecular weight excluding hydrogens is 427 g/mol. The van der Waals surface area contributed by atoms with E-state index in [2.05, 4.69) is 11.8 Å². The van der Waals surface area contributed by atoms with Crippen molar-refractivity contribution in [2.45, 2.75) is 25.8 Å². The topological polar surface area (TPSA) is 66.9 Å². The molecule has 3 amide bonds. The number of nitrogens with zero attached hydrogens (tertiary/aromatic N) is 2. The van der Waals surface area contributed by atoms with E-state index in [0.717, 1.165) is 4.90 Å². The largest absolute Gasteiger partial charge is 0.453 e. The molecule has 30 heavy (non-hydrogen) atoms. The van der Waals surface area contributed by atoms with Gasteiger partial charge in [-0.05, 0) is 43.5 Å². The number of urea groups is 1. The summed E-state index contributed by atoms with van der Waals surface area (Å²) in [4.78, 5) is 40.2. The number of allylic oxidation sites excluding steroid dienone is 2. The molecule has 1 heterocycles. The van der Waals surface area contributed by atoms with Crippen LogP contribution in [-0.2, 0) is 14.3 Å². The molecule has 8 heteroatoms. The molecule has 1 radical (unpaired) electrons. The number of amides is 3. The summed E-state index contributed by atoms with van der Waals surface area (Å²) >= 11 is 12.1. The van der Waals surface area contributed by atoms with Crippen LogP contribution in [-0.4, -0.2) is 41.5 Å². The van der Waals surface area contributed by atoms with E-state index in [4.69, 9.17) is 27.9 Å². The molecule has 0 spiro atoms. The minimum atomic E-state index is -1.25. The van der Waals surface area contributed by atoms with Gasteiger partial charge in [-0.25, -0.2) is 9.69 Å². The second-order valence-electron chi connectivity index (χ2n) is 6.80. The normalized spacial score (nSPS) is 20.7. The first kappa shape index (κ1) is 21.9. The number of benzene rings is 1. The standard InChI is InChI=1S/C22H19Cl2N2O4/c1-15(27)30-13-7-6-12-25-21(29)26(17-10-11-18(23)19(24)14-17)20(28)22(25,2)16-8-4-3-5-9-16/h3-4,8-11,14H,5,12-13H2,1-2H3. The van der Waals surface area contributed by atoms with Crippen LogP contribution in [0, 0.1) is 18.3 Å². The lowest BCUT2D eigenvalue weighted by Crippen LogP contribution is -2.48. The summed E-state index contributed by atoms with van der Waals surface area (Å²) in [7, 11) is 0. The molecule has 0 aromatic heterocycles. The number of imide groups is 1. The Balaban J connectivity index is 1.98. The summed E-state index contributed by atoms with van der Waals surface area (Å²) in [5.41, 5.74) is -0.218. The second-order valence-corrected chi connectivity index (χ2v) is 7.62. The Hall–Kier alpha value is -2.75. The highest BCUT2D eigenvalue weighted by molar-refractivity contribution is 6.42. The number of rotatable bonds is 4. The number of hydrogen-bond donors (Lipinski definition) is 0. The fourth-order valence-electron chi connectivity index (χ4n) is 3.29. The van der Waals surface area contributed by atoms with Crippen molar-refractivity contribution in [1.82, 2.24) is 4.90 Å². The number of esters is 1. The summed E-state index contributed by atoms with van der Waals surface area (Å²) in [6, 6.07) is 4.06. The summed E-state index contributed by atoms with van der Waals surface area (Å²) in [5, 5.41) is 0.561. The third-order valence-corrected chi connectivity index (χ3v) is 5.64. The van der Waals surface area contributed by atoms with Crippen molar-refractivity contribution in [3.8, 4) is 11.8 Å². The van der Waals surface area contributed by atoms with Crippen LogP contribution in [0.2, 0.25) is 10.0 Å². The molecule has 1 aliphatic heterocycles. The maximum Gasteiger partial charge on any atom is 0.333 e. The molecule has 0 N–H and O–H groups in total. The molecule has 1 aromatic rings. The zero-order valence-electron chi connectivity index (χ0n) is 16.4. The summed E-state index contributed by atoms with van der Waals surface area (Å²) in [6.45, 7) is 2.88. The predicted octanol–water partition coefficient (Wildman–Crippen LogP) is 4.18. The van der Waals surface area contributed by atoms with Gasteiger partial charge in [-0.3, -0.25) is 14.5 Å². The van der Waals surface area contributed by atoms with Gasteiger partial charge in [0.2, 0.25) is 0 Å². The van der Waals surface area contributed by atoms with Crippen molar-refractivity contribution in [1.29, 1.82) is 0 Å². The van der Waals surface area contributed by atoms with Crippen LogP contribution in [0.4, 0.5) is 10.5 Å². The van der Waals surface area contributed by atoms with E-state index < -0.39 is 23.4 Å². The van der Waals surface area contributed by atoms with E-state index in [9.17, 15) is 14.4 Å². The molecule has 1 aromatic carbocycles. The molecule has 1 fully saturated rings. The van der Waals surface area contributed by atoms with Gasteiger partial charge in [-0.15, -0.1) is 0 Å². The smallest absolute Gasteiger partial charge is 0.333 e. The molecule has 1 atom stereocenters. The van der Waals surface area contributed by atoms with E-state index in [1.165, 1.54) is 24.0 Å². The Kier molecular flexibility index (Phi) is 6.55. The van der Waals surface area contributed by atoms with Gasteiger partial charge < -0.3 is 4.74 Å². The van der Waals surface area contributed by atoms with Gasteiger partial charge in [0.1, 0.15) is 5.54 Å². The summed E-state index contributed by atoms with van der Waals surface area (Å²) in [6.07, 6.45) is 8.18. The van der Waals surface area contributed by atoms with Crippen molar-refractivity contribution in [2.75, 3.05) is 18.1 Å². The molecular formula is C22H19Cl2N2O4. The lowest BCUT2D eigenvalue weighted by atomic mass is 9.86. The van der Waals surface area contributed by atoms with Crippen LogP contribution in [0.5, 0.6) is 0 Å². The van der Waals surface area contributed by atoms with E-state index in [1.807, 2.05) is 24.6 Å². The molecule has 1 saturated heterocycles. The van der Waals surface area contributed by atoms with Gasteiger partial charge in [-0.1, -0.05) is 53.3 Å². The first-order valence-electron chi connectivity index (χ1n) is 9.17. The van der Waals surface area contributed by atoms with Gasteiger partial charge in [0.05, 0.1) is 22.3 Å². The Labute approximate surface area is 185 Å². The highest BCUT2D eigenvalue weighted by atomic mass is 35.5. The zero-order chi connectivity index (χ0) is 21.9. The molecule has 0 bridgehead atoms. The maximum absolute atomic E-state index is 13.5. The molecule has 155 valence electrons. The monoisotopic (exact) mass is 445 g/mol. The fraction of sp³-hybridized carbons (Fsp3) is 0.273. The summed E-state index contributed by atoms with van der Waals surface area (Å²) < 4.78 is 4.79. The molecule has 6 nitrogen and oxygen atoms in total. The van der Waals surface area contributed by atoms with Crippen LogP contribution in [0.3, 0.4) is 0 Å². The van der Waals surface area contributed by atoms with Crippen molar-refractivity contribution >= 4 is 46.8 Å². The number of carbonyl (C=O) groups is 3. The first-order valence-corrected chi connectivity index (χ1v) is 9.93. The predicted molar refractivity (Wildman–Crippen MR) is 115 cm³/mol.